The summed E-state index contributed by atoms with van der Waals surface area (Å²) in [6.07, 6.45) is -12.7. The Hall–Kier alpha value is -3.17. The minimum Gasteiger partial charge on any atom is -0.349 e. The average molecular weight is 597 g/mol. The van der Waals surface area contributed by atoms with Gasteiger partial charge < -0.3 is 9.47 Å². The van der Waals surface area contributed by atoms with E-state index in [4.69, 9.17) is 9.47 Å². The number of morpholine rings is 1. The van der Waals surface area contributed by atoms with Crippen molar-refractivity contribution >= 4 is 8.18 Å². The van der Waals surface area contributed by atoms with Crippen molar-refractivity contribution in [3.05, 3.63) is 86.8 Å². The molecule has 1 saturated heterocycles. The van der Waals surface area contributed by atoms with E-state index >= 15 is 0 Å². The molecule has 0 radical (unpaired) electrons. The van der Waals surface area contributed by atoms with Crippen LogP contribution >= 0.6 is 8.18 Å². The lowest BCUT2D eigenvalue weighted by atomic mass is 10.0. The summed E-state index contributed by atoms with van der Waals surface area (Å²) in [6.45, 7) is 1.30. The SMILES string of the molecule is C[C@@H](O[C@H]1OCCN(Cc2nn([P+](=O)O)c(=O)[nH]2)[C@H]1c1ccc(F)cc1)c1cc(C(F)(F)F)cc(C(F)(F)F)c1. The molecule has 9 nitrogen and oxygen atoms in total. The fraction of sp³-hybridized carbons (Fsp3) is 0.391. The molecule has 4 rings (SSSR count). The Labute approximate surface area is 222 Å². The molecule has 0 saturated carbocycles. The minimum atomic E-state index is -5.05. The van der Waals surface area contributed by atoms with Gasteiger partial charge in [0.25, 0.3) is 0 Å². The van der Waals surface area contributed by atoms with Gasteiger partial charge in [0.2, 0.25) is 0 Å². The monoisotopic (exact) mass is 597 g/mol. The average Bonchev–Trinajstić information content (AvgIpc) is 3.23. The second-order valence-corrected chi connectivity index (χ2v) is 9.73. The molecule has 1 fully saturated rings. The molecule has 1 unspecified atom stereocenters. The lowest BCUT2D eigenvalue weighted by Crippen LogP contribution is -2.46. The predicted molar refractivity (Wildman–Crippen MR) is 123 cm³/mol. The normalized spacial score (nSPS) is 20.0. The van der Waals surface area contributed by atoms with E-state index in [2.05, 4.69) is 10.1 Å². The van der Waals surface area contributed by atoms with Crippen LogP contribution < -0.4 is 5.69 Å². The first-order chi connectivity index (χ1) is 18.6. The van der Waals surface area contributed by atoms with Crippen LogP contribution in [0, 0.1) is 5.82 Å². The van der Waals surface area contributed by atoms with Crippen molar-refractivity contribution in [2.24, 2.45) is 0 Å². The van der Waals surface area contributed by atoms with Crippen molar-refractivity contribution in [3.63, 3.8) is 0 Å². The molecule has 0 spiro atoms. The summed E-state index contributed by atoms with van der Waals surface area (Å²) in [4.78, 5) is 25.1. The Morgan fingerprint density at radius 2 is 1.73 bits per heavy atom. The van der Waals surface area contributed by atoms with Crippen LogP contribution in [-0.2, 0) is 32.9 Å². The molecule has 1 aromatic heterocycles. The van der Waals surface area contributed by atoms with E-state index in [0.717, 1.165) is 12.1 Å². The smallest absolute Gasteiger partial charge is 0.349 e. The van der Waals surface area contributed by atoms with E-state index in [1.807, 2.05) is 0 Å². The first kappa shape index (κ1) is 29.8. The number of alkyl halides is 6. The molecule has 40 heavy (non-hydrogen) atoms. The van der Waals surface area contributed by atoms with Crippen molar-refractivity contribution in [1.82, 2.24) is 19.4 Å². The zero-order valence-corrected chi connectivity index (χ0v) is 21.3. The van der Waals surface area contributed by atoms with Crippen LogP contribution in [0.4, 0.5) is 30.7 Å². The lowest BCUT2D eigenvalue weighted by Gasteiger charge is -2.41. The fourth-order valence-corrected chi connectivity index (χ4v) is 4.63. The largest absolute Gasteiger partial charge is 0.670 e. The Balaban J connectivity index is 1.68. The molecule has 0 bridgehead atoms. The molecule has 2 heterocycles. The molecule has 4 atom stereocenters. The first-order valence-electron chi connectivity index (χ1n) is 11.5. The van der Waals surface area contributed by atoms with Gasteiger partial charge in [0.05, 0.1) is 36.4 Å². The van der Waals surface area contributed by atoms with Crippen LogP contribution in [0.25, 0.3) is 0 Å². The number of nitrogens with one attached hydrogen (secondary N) is 1. The third kappa shape index (κ3) is 6.75. The van der Waals surface area contributed by atoms with Gasteiger partial charge in [0.1, 0.15) is 11.6 Å². The van der Waals surface area contributed by atoms with E-state index in [-0.39, 0.29) is 31.6 Å². The highest BCUT2D eigenvalue weighted by molar-refractivity contribution is 7.35. The summed E-state index contributed by atoms with van der Waals surface area (Å²) >= 11 is 0. The van der Waals surface area contributed by atoms with Crippen LogP contribution in [0.1, 0.15) is 47.1 Å². The number of nitrogens with zero attached hydrogens (tertiary/aromatic N) is 3. The van der Waals surface area contributed by atoms with Crippen LogP contribution in [0.3, 0.4) is 0 Å². The van der Waals surface area contributed by atoms with Gasteiger partial charge in [0.15, 0.2) is 6.29 Å². The van der Waals surface area contributed by atoms with Gasteiger partial charge >= 0.3 is 26.2 Å². The number of ether oxygens (including phenoxy) is 2. The van der Waals surface area contributed by atoms with Crippen molar-refractivity contribution in [1.29, 1.82) is 0 Å². The van der Waals surface area contributed by atoms with Crippen molar-refractivity contribution < 1.29 is 49.7 Å². The number of hydrogen-bond acceptors (Lipinski definition) is 6. The Morgan fingerprint density at radius 3 is 2.25 bits per heavy atom. The highest BCUT2D eigenvalue weighted by atomic mass is 31.1. The Morgan fingerprint density at radius 1 is 1.12 bits per heavy atom. The molecule has 3 aromatic rings. The molecule has 216 valence electrons. The molecule has 1 aliphatic heterocycles. The minimum absolute atomic E-state index is 0.00925. The quantitative estimate of drug-likeness (QED) is 0.294. The van der Waals surface area contributed by atoms with Gasteiger partial charge in [0, 0.05) is 15.6 Å². The summed E-state index contributed by atoms with van der Waals surface area (Å²) in [5.74, 6) is -0.591. The van der Waals surface area contributed by atoms with Gasteiger partial charge in [-0.3, -0.25) is 9.88 Å². The zero-order valence-electron chi connectivity index (χ0n) is 20.4. The van der Waals surface area contributed by atoms with E-state index in [9.17, 15) is 45.0 Å². The lowest BCUT2D eigenvalue weighted by molar-refractivity contribution is -0.231. The maximum Gasteiger partial charge on any atom is 0.670 e. The maximum atomic E-state index is 13.7. The molecular weight excluding hydrogens is 576 g/mol. The first-order valence-corrected chi connectivity index (χ1v) is 12.7. The topological polar surface area (TPSA) is 110 Å². The Bertz CT molecular complexity index is 1390. The summed E-state index contributed by atoms with van der Waals surface area (Å²) in [5, 5.41) is 3.76. The van der Waals surface area contributed by atoms with Crippen molar-refractivity contribution in [2.75, 3.05) is 13.2 Å². The number of hydrogen-bond donors (Lipinski definition) is 2. The standard InChI is InChI=1S/C23H20F7N4O5P/c1-12(14-8-15(22(25,26)27)10-16(9-14)23(28,29)30)39-20-19(13-2-4-17(24)5-3-13)33(6-7-38-20)11-18-31-21(35)34(32-18)40(36)37/h2-5,8-10,12,19-20H,6-7,11H2,1H3,(H-,31,32,35,36,37)/p+1/t12-,19+,20-/m1/s1. The Kier molecular flexibility index (Phi) is 8.47. The van der Waals surface area contributed by atoms with Crippen LogP contribution in [0.5, 0.6) is 0 Å². The number of rotatable bonds is 7. The molecule has 2 N–H and O–H groups in total. The van der Waals surface area contributed by atoms with Crippen molar-refractivity contribution in [3.8, 4) is 0 Å². The number of aromatic amines is 1. The van der Waals surface area contributed by atoms with E-state index in [0.29, 0.717) is 22.1 Å². The van der Waals surface area contributed by atoms with Crippen LogP contribution in [0.15, 0.2) is 47.3 Å². The summed E-state index contributed by atoms with van der Waals surface area (Å²) < 4.78 is 117. The number of H-pyrrole nitrogens is 1. The number of aromatic nitrogens is 3. The molecule has 2 aromatic carbocycles. The predicted octanol–water partition coefficient (Wildman–Crippen LogP) is 4.92. The van der Waals surface area contributed by atoms with Gasteiger partial charge in [-0.1, -0.05) is 12.1 Å². The third-order valence-electron chi connectivity index (χ3n) is 6.10. The molecule has 17 heteroatoms. The van der Waals surface area contributed by atoms with Gasteiger partial charge in [-0.2, -0.15) is 26.3 Å². The van der Waals surface area contributed by atoms with Gasteiger partial charge in [-0.15, -0.1) is 9.99 Å². The van der Waals surface area contributed by atoms with E-state index in [1.54, 1.807) is 4.90 Å². The molecule has 0 amide bonds. The number of halogens is 7. The number of benzene rings is 2. The van der Waals surface area contributed by atoms with Crippen LogP contribution in [0.2, 0.25) is 0 Å². The van der Waals surface area contributed by atoms with Crippen LogP contribution in [-0.4, -0.2) is 43.8 Å². The summed E-state index contributed by atoms with van der Waals surface area (Å²) in [7, 11) is -3.10. The zero-order chi connectivity index (χ0) is 29.4. The summed E-state index contributed by atoms with van der Waals surface area (Å²) in [6, 6.07) is 5.27. The van der Waals surface area contributed by atoms with Gasteiger partial charge in [-0.05, 0) is 48.4 Å². The third-order valence-corrected chi connectivity index (χ3v) is 6.70. The molecule has 0 aliphatic carbocycles. The van der Waals surface area contributed by atoms with Crippen molar-refractivity contribution in [2.45, 2.75) is 44.3 Å². The van der Waals surface area contributed by atoms with Gasteiger partial charge in [-0.25, -0.2) is 9.18 Å². The molecular formula is C23H21F7N4O5P+. The summed E-state index contributed by atoms with van der Waals surface area (Å²) in [5.41, 5.74) is -3.95. The molecule has 1 aliphatic rings. The van der Waals surface area contributed by atoms with E-state index in [1.165, 1.54) is 19.1 Å². The fourth-order valence-electron chi connectivity index (χ4n) is 4.24. The maximum absolute atomic E-state index is 13.7. The highest BCUT2D eigenvalue weighted by Crippen LogP contribution is 2.39. The second-order valence-electron chi connectivity index (χ2n) is 8.84. The second kappa shape index (κ2) is 11.4. The van der Waals surface area contributed by atoms with E-state index < -0.39 is 67.2 Å². The highest BCUT2D eigenvalue weighted by Gasteiger charge is 2.40.